The van der Waals surface area contributed by atoms with E-state index in [-0.39, 0.29) is 37.5 Å². The van der Waals surface area contributed by atoms with E-state index in [0.29, 0.717) is 0 Å². The molecule has 29 heavy (non-hydrogen) atoms. The maximum Gasteiger partial charge on any atom is 0.283 e. The predicted molar refractivity (Wildman–Crippen MR) is 114 cm³/mol. The van der Waals surface area contributed by atoms with Gasteiger partial charge in [0.05, 0.1) is 10.0 Å². The summed E-state index contributed by atoms with van der Waals surface area (Å²) in [5.74, 6) is -0.760. The normalized spacial score (nSPS) is 13.8. The van der Waals surface area contributed by atoms with Crippen molar-refractivity contribution in [2.75, 3.05) is 0 Å². The van der Waals surface area contributed by atoms with Crippen LogP contribution in [-0.2, 0) is 14.9 Å². The first-order chi connectivity index (χ1) is 13.5. The summed E-state index contributed by atoms with van der Waals surface area (Å²) in [7, 11) is -5.10. The summed E-state index contributed by atoms with van der Waals surface area (Å²) in [6.07, 6.45) is 0. The molecule has 0 saturated carbocycles. The van der Waals surface area contributed by atoms with Gasteiger partial charge in [-0.2, -0.15) is 8.42 Å². The molecule has 0 aliphatic rings. The molecule has 0 amide bonds. The van der Waals surface area contributed by atoms with E-state index in [0.717, 1.165) is 12.1 Å². The van der Waals surface area contributed by atoms with Gasteiger partial charge in [-0.05, 0) is 23.8 Å². The van der Waals surface area contributed by atoms with E-state index in [1.165, 1.54) is 36.4 Å². The van der Waals surface area contributed by atoms with Gasteiger partial charge in [-0.15, -0.1) is 0 Å². The van der Waals surface area contributed by atoms with Gasteiger partial charge < -0.3 is 10.2 Å². The highest BCUT2D eigenvalue weighted by molar-refractivity contribution is 7.87. The molecule has 5 nitrogen and oxygen atoms in total. The van der Waals surface area contributed by atoms with Crippen LogP contribution in [0.1, 0.15) is 16.7 Å². The molecule has 0 aliphatic carbocycles. The lowest BCUT2D eigenvalue weighted by molar-refractivity contribution is 0.455. The summed E-state index contributed by atoms with van der Waals surface area (Å²) in [6.45, 7) is 0. The quantitative estimate of drug-likeness (QED) is 0.239. The van der Waals surface area contributed by atoms with Crippen LogP contribution >= 0.6 is 46.4 Å². The first kappa shape index (κ1) is 22.0. The summed E-state index contributed by atoms with van der Waals surface area (Å²) in [5.41, 5.74) is -0.510. The SMILES string of the molecule is O=S(=O)(O)C(c1cccc(O)c1)(c1ccccc1Cl)c1c(Cl)cc(O)c(Cl)c1Cl. The molecule has 0 bridgehead atoms. The Labute approximate surface area is 186 Å². The minimum Gasteiger partial charge on any atom is -0.508 e. The van der Waals surface area contributed by atoms with Gasteiger partial charge in [0.2, 0.25) is 0 Å². The van der Waals surface area contributed by atoms with E-state index in [9.17, 15) is 23.2 Å². The lowest BCUT2D eigenvalue weighted by Crippen LogP contribution is -2.39. The first-order valence-corrected chi connectivity index (χ1v) is 10.9. The third-order valence-corrected chi connectivity index (χ3v) is 7.30. The van der Waals surface area contributed by atoms with Crippen LogP contribution < -0.4 is 0 Å². The number of phenolic OH excluding ortho intramolecular Hbond substituents is 2. The zero-order valence-corrected chi connectivity index (χ0v) is 18.1. The highest BCUT2D eigenvalue weighted by Gasteiger charge is 2.52. The Morgan fingerprint density at radius 2 is 1.45 bits per heavy atom. The zero-order chi connectivity index (χ0) is 21.6. The van der Waals surface area contributed by atoms with Crippen molar-refractivity contribution in [1.82, 2.24) is 0 Å². The minimum atomic E-state index is -5.10. The summed E-state index contributed by atoms with van der Waals surface area (Å²) in [5, 5.41) is 18.8. The van der Waals surface area contributed by atoms with Gasteiger partial charge in [-0.25, -0.2) is 0 Å². The van der Waals surface area contributed by atoms with Crippen LogP contribution in [-0.4, -0.2) is 23.2 Å². The van der Waals surface area contributed by atoms with Gasteiger partial charge in [0.25, 0.3) is 10.1 Å². The van der Waals surface area contributed by atoms with Crippen LogP contribution in [0.15, 0.2) is 54.6 Å². The van der Waals surface area contributed by atoms with Crippen LogP contribution in [0, 0.1) is 0 Å². The highest BCUT2D eigenvalue weighted by atomic mass is 35.5. The van der Waals surface area contributed by atoms with Crippen molar-refractivity contribution in [3.63, 3.8) is 0 Å². The topological polar surface area (TPSA) is 94.8 Å². The summed E-state index contributed by atoms with van der Waals surface area (Å²) >= 11 is 25.0. The van der Waals surface area contributed by atoms with E-state index in [1.807, 2.05) is 0 Å². The van der Waals surface area contributed by atoms with Crippen molar-refractivity contribution < 1.29 is 23.2 Å². The fourth-order valence-electron chi connectivity index (χ4n) is 3.23. The van der Waals surface area contributed by atoms with Gasteiger partial charge in [-0.1, -0.05) is 76.7 Å². The lowest BCUT2D eigenvalue weighted by Gasteiger charge is -2.34. The Balaban J connectivity index is 2.67. The van der Waals surface area contributed by atoms with E-state index >= 15 is 0 Å². The molecule has 1 atom stereocenters. The number of hydrogen-bond donors (Lipinski definition) is 3. The average Bonchev–Trinajstić information content (AvgIpc) is 2.63. The Kier molecular flexibility index (Phi) is 5.98. The molecule has 0 aromatic heterocycles. The van der Waals surface area contributed by atoms with Crippen LogP contribution in [0.25, 0.3) is 0 Å². The smallest absolute Gasteiger partial charge is 0.283 e. The van der Waals surface area contributed by atoms with Crippen LogP contribution in [0.4, 0.5) is 0 Å². The van der Waals surface area contributed by atoms with E-state index in [4.69, 9.17) is 46.4 Å². The predicted octanol–water partition coefficient (Wildman–Crippen LogP) is 5.89. The molecule has 3 aromatic rings. The Bertz CT molecular complexity index is 1210. The van der Waals surface area contributed by atoms with Crippen LogP contribution in [0.3, 0.4) is 0 Å². The number of phenols is 2. The van der Waals surface area contributed by atoms with E-state index in [1.54, 1.807) is 6.07 Å². The monoisotopic (exact) mass is 492 g/mol. The molecule has 0 heterocycles. The van der Waals surface area contributed by atoms with Crippen molar-refractivity contribution >= 4 is 56.5 Å². The number of aromatic hydroxyl groups is 2. The molecule has 1 unspecified atom stereocenters. The molecule has 3 N–H and O–H groups in total. The standard InChI is InChI=1S/C19H12Cl4O5S/c20-13-7-2-1-6-12(13)19(29(26,27)28,10-4-3-5-11(24)8-10)16-14(21)9-15(25)17(22)18(16)23/h1-9,24-25H,(H,26,27,28). The molecule has 10 heteroatoms. The van der Waals surface area contributed by atoms with E-state index in [2.05, 4.69) is 0 Å². The molecule has 3 aromatic carbocycles. The maximum atomic E-state index is 13.0. The van der Waals surface area contributed by atoms with Crippen molar-refractivity contribution in [2.45, 2.75) is 4.75 Å². The molecule has 152 valence electrons. The molecular weight excluding hydrogens is 482 g/mol. The van der Waals surface area contributed by atoms with E-state index < -0.39 is 25.6 Å². The Morgan fingerprint density at radius 3 is 2.03 bits per heavy atom. The van der Waals surface area contributed by atoms with Gasteiger partial charge in [0.1, 0.15) is 16.5 Å². The second-order valence-corrected chi connectivity index (χ2v) is 9.20. The molecule has 0 saturated heterocycles. The number of halogens is 4. The fourth-order valence-corrected chi connectivity index (χ4v) is 5.90. The lowest BCUT2D eigenvalue weighted by atomic mass is 9.83. The molecule has 0 spiro atoms. The van der Waals surface area contributed by atoms with Crippen molar-refractivity contribution in [3.8, 4) is 11.5 Å². The molecular formula is C19H12Cl4O5S. The Morgan fingerprint density at radius 1 is 0.793 bits per heavy atom. The second-order valence-electron chi connectivity index (χ2n) is 6.07. The minimum absolute atomic E-state index is 0.0233. The molecule has 0 radical (unpaired) electrons. The van der Waals surface area contributed by atoms with Crippen LogP contribution in [0.5, 0.6) is 11.5 Å². The fraction of sp³-hybridized carbons (Fsp3) is 0.0526. The van der Waals surface area contributed by atoms with Gasteiger partial charge in [-0.3, -0.25) is 4.55 Å². The van der Waals surface area contributed by atoms with Crippen molar-refractivity contribution in [2.24, 2.45) is 0 Å². The summed E-state index contributed by atoms with van der Waals surface area (Å²) < 4.78 is 34.1. The molecule has 0 aliphatic heterocycles. The average molecular weight is 494 g/mol. The third-order valence-electron chi connectivity index (χ3n) is 4.38. The summed E-state index contributed by atoms with van der Waals surface area (Å²) in [6, 6.07) is 12.0. The van der Waals surface area contributed by atoms with Gasteiger partial charge in [0.15, 0.2) is 4.75 Å². The van der Waals surface area contributed by atoms with Gasteiger partial charge in [0, 0.05) is 22.2 Å². The highest BCUT2D eigenvalue weighted by Crippen LogP contribution is 2.53. The first-order valence-electron chi connectivity index (χ1n) is 7.90. The van der Waals surface area contributed by atoms with Crippen molar-refractivity contribution in [1.29, 1.82) is 0 Å². The Hall–Kier alpha value is -1.67. The molecule has 3 rings (SSSR count). The second kappa shape index (κ2) is 7.87. The van der Waals surface area contributed by atoms with Gasteiger partial charge >= 0.3 is 0 Å². The number of rotatable bonds is 4. The largest absolute Gasteiger partial charge is 0.508 e. The number of hydrogen-bond acceptors (Lipinski definition) is 4. The molecule has 0 fully saturated rings. The maximum absolute atomic E-state index is 13.0. The zero-order valence-electron chi connectivity index (χ0n) is 14.3. The van der Waals surface area contributed by atoms with Crippen LogP contribution in [0.2, 0.25) is 20.1 Å². The summed E-state index contributed by atoms with van der Waals surface area (Å²) in [4.78, 5) is 0. The van der Waals surface area contributed by atoms with Crippen molar-refractivity contribution in [3.05, 3.63) is 91.4 Å². The third kappa shape index (κ3) is 3.54. The number of benzene rings is 3.